The third-order valence-corrected chi connectivity index (χ3v) is 5.83. The highest BCUT2D eigenvalue weighted by Gasteiger charge is 2.07. The van der Waals surface area contributed by atoms with Crippen LogP contribution in [0.5, 0.6) is 0 Å². The van der Waals surface area contributed by atoms with Gasteiger partial charge >= 0.3 is 0 Å². The van der Waals surface area contributed by atoms with E-state index in [4.69, 9.17) is 4.98 Å². The molecule has 21 heavy (non-hydrogen) atoms. The molecule has 1 heterocycles. The number of aromatic nitrogens is 1. The van der Waals surface area contributed by atoms with Crippen LogP contribution in [0.3, 0.4) is 0 Å². The number of benzene rings is 2. The van der Waals surface area contributed by atoms with E-state index in [1.807, 2.05) is 23.9 Å². The predicted molar refractivity (Wildman–Crippen MR) is 96.0 cm³/mol. The third-order valence-electron chi connectivity index (χ3n) is 3.08. The Kier molecular flexibility index (Phi) is 4.78. The lowest BCUT2D eigenvalue weighted by atomic mass is 10.2. The van der Waals surface area contributed by atoms with Crippen LogP contribution in [0, 0.1) is 6.92 Å². The standard InChI is InChI=1S/C17H14BrNS2/c1-12-6-8-13(9-7-12)20-11-17-19-16(10-21-17)14-4-2-3-5-15(14)18/h2-10H,11H2,1H3. The van der Waals surface area contributed by atoms with Crippen molar-refractivity contribution in [3.05, 3.63) is 69.0 Å². The molecule has 0 aliphatic heterocycles. The van der Waals surface area contributed by atoms with Crippen LogP contribution in [0.1, 0.15) is 10.6 Å². The minimum absolute atomic E-state index is 0.915. The lowest BCUT2D eigenvalue weighted by Gasteiger charge is -2.01. The van der Waals surface area contributed by atoms with Gasteiger partial charge in [0.15, 0.2) is 0 Å². The summed E-state index contributed by atoms with van der Waals surface area (Å²) in [6.45, 7) is 2.11. The SMILES string of the molecule is Cc1ccc(SCc2nc(-c3ccccc3Br)cs2)cc1. The molecule has 0 fully saturated rings. The maximum atomic E-state index is 4.74. The van der Waals surface area contributed by atoms with E-state index in [9.17, 15) is 0 Å². The Morgan fingerprint density at radius 1 is 1.10 bits per heavy atom. The lowest BCUT2D eigenvalue weighted by molar-refractivity contribution is 1.26. The number of hydrogen-bond acceptors (Lipinski definition) is 3. The summed E-state index contributed by atoms with van der Waals surface area (Å²) >= 11 is 7.14. The van der Waals surface area contributed by atoms with Crippen molar-refractivity contribution < 1.29 is 0 Å². The number of halogens is 1. The van der Waals surface area contributed by atoms with Gasteiger partial charge in [-0.1, -0.05) is 51.8 Å². The molecule has 3 rings (SSSR count). The molecule has 0 N–H and O–H groups in total. The van der Waals surface area contributed by atoms with Gasteiger partial charge < -0.3 is 0 Å². The van der Waals surface area contributed by atoms with Crippen LogP contribution in [0.4, 0.5) is 0 Å². The van der Waals surface area contributed by atoms with Crippen molar-refractivity contribution in [3.8, 4) is 11.3 Å². The van der Waals surface area contributed by atoms with Crippen molar-refractivity contribution >= 4 is 39.0 Å². The highest BCUT2D eigenvalue weighted by atomic mass is 79.9. The summed E-state index contributed by atoms with van der Waals surface area (Å²) in [5.74, 6) is 0.915. The van der Waals surface area contributed by atoms with Gasteiger partial charge in [0, 0.05) is 20.3 Å². The Morgan fingerprint density at radius 3 is 2.62 bits per heavy atom. The summed E-state index contributed by atoms with van der Waals surface area (Å²) in [5, 5.41) is 3.29. The van der Waals surface area contributed by atoms with Crippen molar-refractivity contribution in [2.24, 2.45) is 0 Å². The summed E-state index contributed by atoms with van der Waals surface area (Å²) in [4.78, 5) is 6.03. The number of nitrogens with zero attached hydrogens (tertiary/aromatic N) is 1. The monoisotopic (exact) mass is 375 g/mol. The molecule has 0 aliphatic carbocycles. The largest absolute Gasteiger partial charge is 0.240 e. The fourth-order valence-corrected chi connectivity index (χ4v) is 4.15. The zero-order chi connectivity index (χ0) is 14.7. The maximum absolute atomic E-state index is 4.74. The van der Waals surface area contributed by atoms with E-state index in [1.54, 1.807) is 11.3 Å². The Balaban J connectivity index is 1.71. The van der Waals surface area contributed by atoms with Crippen LogP contribution < -0.4 is 0 Å². The van der Waals surface area contributed by atoms with Crippen molar-refractivity contribution in [3.63, 3.8) is 0 Å². The molecule has 1 aromatic heterocycles. The topological polar surface area (TPSA) is 12.9 Å². The summed E-state index contributed by atoms with van der Waals surface area (Å²) in [6.07, 6.45) is 0. The molecule has 0 bridgehead atoms. The fourth-order valence-electron chi connectivity index (χ4n) is 1.95. The van der Waals surface area contributed by atoms with Gasteiger partial charge in [0.2, 0.25) is 0 Å². The molecule has 0 saturated heterocycles. The van der Waals surface area contributed by atoms with E-state index in [-0.39, 0.29) is 0 Å². The minimum Gasteiger partial charge on any atom is -0.240 e. The maximum Gasteiger partial charge on any atom is 0.104 e. The normalized spacial score (nSPS) is 10.8. The van der Waals surface area contributed by atoms with E-state index in [2.05, 4.69) is 64.6 Å². The van der Waals surface area contributed by atoms with E-state index < -0.39 is 0 Å². The van der Waals surface area contributed by atoms with Crippen LogP contribution in [0.15, 0.2) is 63.3 Å². The summed E-state index contributed by atoms with van der Waals surface area (Å²) in [7, 11) is 0. The van der Waals surface area contributed by atoms with Gasteiger partial charge in [-0.05, 0) is 25.1 Å². The zero-order valence-electron chi connectivity index (χ0n) is 11.5. The Labute approximate surface area is 141 Å². The number of hydrogen-bond donors (Lipinski definition) is 0. The van der Waals surface area contributed by atoms with E-state index >= 15 is 0 Å². The van der Waals surface area contributed by atoms with Crippen LogP contribution in [-0.2, 0) is 5.75 Å². The smallest absolute Gasteiger partial charge is 0.104 e. The fraction of sp³-hybridized carbons (Fsp3) is 0.118. The molecule has 2 aromatic carbocycles. The molecule has 4 heteroatoms. The minimum atomic E-state index is 0.915. The predicted octanol–water partition coefficient (Wildman–Crippen LogP) is 6.17. The van der Waals surface area contributed by atoms with E-state index in [0.717, 1.165) is 26.5 Å². The summed E-state index contributed by atoms with van der Waals surface area (Å²) < 4.78 is 1.09. The molecule has 0 amide bonds. The first kappa shape index (κ1) is 14.8. The first-order valence-electron chi connectivity index (χ1n) is 6.61. The highest BCUT2D eigenvalue weighted by molar-refractivity contribution is 9.10. The van der Waals surface area contributed by atoms with Gasteiger partial charge in [-0.3, -0.25) is 0 Å². The first-order chi connectivity index (χ1) is 10.2. The first-order valence-corrected chi connectivity index (χ1v) is 9.27. The van der Waals surface area contributed by atoms with E-state index in [0.29, 0.717) is 0 Å². The molecule has 3 aromatic rings. The van der Waals surface area contributed by atoms with Crippen LogP contribution in [0.25, 0.3) is 11.3 Å². The molecule has 0 unspecified atom stereocenters. The Hall–Kier alpha value is -1.10. The zero-order valence-corrected chi connectivity index (χ0v) is 14.8. The lowest BCUT2D eigenvalue weighted by Crippen LogP contribution is -1.83. The average Bonchev–Trinajstić information content (AvgIpc) is 2.96. The number of thiazole rings is 1. The van der Waals surface area contributed by atoms with Gasteiger partial charge in [0.05, 0.1) is 11.4 Å². The second-order valence-corrected chi connectivity index (χ2v) is 7.55. The van der Waals surface area contributed by atoms with Crippen molar-refractivity contribution in [1.82, 2.24) is 4.98 Å². The molecule has 0 spiro atoms. The number of rotatable bonds is 4. The van der Waals surface area contributed by atoms with Gasteiger partial charge in [-0.2, -0.15) is 0 Å². The molecule has 0 atom stereocenters. The second kappa shape index (κ2) is 6.77. The number of aryl methyl sites for hydroxylation is 1. The van der Waals surface area contributed by atoms with Gasteiger partial charge in [-0.15, -0.1) is 23.1 Å². The van der Waals surface area contributed by atoms with Crippen molar-refractivity contribution in [2.75, 3.05) is 0 Å². The van der Waals surface area contributed by atoms with Crippen LogP contribution >= 0.6 is 39.0 Å². The molecule has 0 aliphatic rings. The molecular weight excluding hydrogens is 362 g/mol. The van der Waals surface area contributed by atoms with Gasteiger partial charge in [-0.25, -0.2) is 4.98 Å². The Morgan fingerprint density at radius 2 is 1.86 bits per heavy atom. The summed E-state index contributed by atoms with van der Waals surface area (Å²) in [5.41, 5.74) is 3.50. The molecule has 0 saturated carbocycles. The quantitative estimate of drug-likeness (QED) is 0.505. The van der Waals surface area contributed by atoms with E-state index in [1.165, 1.54) is 10.5 Å². The third kappa shape index (κ3) is 3.76. The molecule has 106 valence electrons. The van der Waals surface area contributed by atoms with Gasteiger partial charge in [0.25, 0.3) is 0 Å². The van der Waals surface area contributed by atoms with Crippen molar-refractivity contribution in [1.29, 1.82) is 0 Å². The molecule has 0 radical (unpaired) electrons. The van der Waals surface area contributed by atoms with Crippen molar-refractivity contribution in [2.45, 2.75) is 17.6 Å². The molecular formula is C17H14BrNS2. The van der Waals surface area contributed by atoms with Gasteiger partial charge in [0.1, 0.15) is 5.01 Å². The Bertz CT molecular complexity index is 735. The average molecular weight is 376 g/mol. The molecule has 1 nitrogen and oxygen atoms in total. The number of thioether (sulfide) groups is 1. The van der Waals surface area contributed by atoms with Crippen LogP contribution in [-0.4, -0.2) is 4.98 Å². The summed E-state index contributed by atoms with van der Waals surface area (Å²) in [6, 6.07) is 16.8. The van der Waals surface area contributed by atoms with Crippen LogP contribution in [0.2, 0.25) is 0 Å². The second-order valence-electron chi connectivity index (χ2n) is 4.71. The highest BCUT2D eigenvalue weighted by Crippen LogP contribution is 2.31.